The van der Waals surface area contributed by atoms with E-state index in [0.29, 0.717) is 0 Å². The van der Waals surface area contributed by atoms with Crippen LogP contribution in [0.25, 0.3) is 0 Å². The van der Waals surface area contributed by atoms with Crippen molar-refractivity contribution in [2.24, 2.45) is 5.92 Å². The predicted octanol–water partition coefficient (Wildman–Crippen LogP) is 1.58. The van der Waals surface area contributed by atoms with Crippen molar-refractivity contribution in [1.29, 1.82) is 0 Å². The maximum Gasteiger partial charge on any atom is 0.321 e. The summed E-state index contributed by atoms with van der Waals surface area (Å²) in [5, 5.41) is 9.05. The lowest BCUT2D eigenvalue weighted by molar-refractivity contribution is -0.145. The van der Waals surface area contributed by atoms with E-state index < -0.39 is 5.97 Å². The molecule has 1 fully saturated rings. The molecule has 0 saturated carbocycles. The minimum atomic E-state index is -0.670. The number of aliphatic carboxylic acids is 1. The summed E-state index contributed by atoms with van der Waals surface area (Å²) in [5.74, 6) is -0.465. The largest absolute Gasteiger partial charge is 0.480 e. The van der Waals surface area contributed by atoms with Crippen molar-refractivity contribution in [2.75, 3.05) is 13.1 Å². The Morgan fingerprint density at radius 2 is 1.77 bits per heavy atom. The van der Waals surface area contributed by atoms with Crippen molar-refractivity contribution in [2.45, 2.75) is 39.2 Å². The van der Waals surface area contributed by atoms with Crippen LogP contribution in [0.1, 0.15) is 33.1 Å². The van der Waals surface area contributed by atoms with Crippen LogP contribution in [-0.2, 0) is 4.79 Å². The van der Waals surface area contributed by atoms with E-state index in [0.717, 1.165) is 25.9 Å². The highest BCUT2D eigenvalue weighted by Crippen LogP contribution is 2.17. The molecule has 0 aromatic heterocycles. The molecule has 0 aromatic rings. The van der Waals surface area contributed by atoms with Crippen LogP contribution in [0.2, 0.25) is 0 Å². The van der Waals surface area contributed by atoms with E-state index in [2.05, 4.69) is 4.90 Å². The zero-order valence-electron chi connectivity index (χ0n) is 8.49. The molecule has 1 aliphatic rings. The molecule has 1 aliphatic heterocycles. The smallest absolute Gasteiger partial charge is 0.321 e. The molecule has 3 heteroatoms. The number of rotatable bonds is 3. The Morgan fingerprint density at radius 1 is 1.23 bits per heavy atom. The second kappa shape index (κ2) is 4.61. The average molecular weight is 185 g/mol. The van der Waals surface area contributed by atoms with Crippen molar-refractivity contribution < 1.29 is 9.90 Å². The maximum atomic E-state index is 11.0. The first kappa shape index (κ1) is 10.5. The predicted molar refractivity (Wildman–Crippen MR) is 51.7 cm³/mol. The van der Waals surface area contributed by atoms with Gasteiger partial charge in [0, 0.05) is 0 Å². The minimum absolute atomic E-state index is 0.204. The van der Waals surface area contributed by atoms with E-state index in [4.69, 9.17) is 5.11 Å². The summed E-state index contributed by atoms with van der Waals surface area (Å²) in [6.45, 7) is 5.87. The van der Waals surface area contributed by atoms with Gasteiger partial charge in [-0.25, -0.2) is 0 Å². The number of likely N-dealkylation sites (tertiary alicyclic amines) is 1. The highest BCUT2D eigenvalue weighted by molar-refractivity contribution is 5.73. The average Bonchev–Trinajstić information content (AvgIpc) is 2.04. The molecular weight excluding hydrogens is 166 g/mol. The molecule has 0 spiro atoms. The third-order valence-electron chi connectivity index (χ3n) is 2.67. The monoisotopic (exact) mass is 185 g/mol. The number of hydrogen-bond acceptors (Lipinski definition) is 2. The molecule has 1 saturated heterocycles. The zero-order valence-corrected chi connectivity index (χ0v) is 8.49. The molecule has 1 N–H and O–H groups in total. The number of nitrogens with zero attached hydrogens (tertiary/aromatic N) is 1. The molecule has 76 valence electrons. The Labute approximate surface area is 79.7 Å². The van der Waals surface area contributed by atoms with Crippen molar-refractivity contribution in [3.05, 3.63) is 0 Å². The highest BCUT2D eigenvalue weighted by Gasteiger charge is 2.29. The summed E-state index contributed by atoms with van der Waals surface area (Å²) in [4.78, 5) is 13.1. The van der Waals surface area contributed by atoms with Crippen LogP contribution in [0.3, 0.4) is 0 Å². The van der Waals surface area contributed by atoms with Crippen LogP contribution in [0.15, 0.2) is 0 Å². The third-order valence-corrected chi connectivity index (χ3v) is 2.67. The normalized spacial score (nSPS) is 21.8. The van der Waals surface area contributed by atoms with Gasteiger partial charge in [-0.1, -0.05) is 20.3 Å². The fourth-order valence-electron chi connectivity index (χ4n) is 2.06. The van der Waals surface area contributed by atoms with E-state index in [1.807, 2.05) is 13.8 Å². The molecule has 1 heterocycles. The van der Waals surface area contributed by atoms with Crippen LogP contribution >= 0.6 is 0 Å². The van der Waals surface area contributed by atoms with Gasteiger partial charge in [0.25, 0.3) is 0 Å². The first-order valence-electron chi connectivity index (χ1n) is 5.10. The Bertz CT molecular complexity index is 174. The van der Waals surface area contributed by atoms with E-state index in [1.165, 1.54) is 6.42 Å². The van der Waals surface area contributed by atoms with Gasteiger partial charge in [0.2, 0.25) is 0 Å². The molecule has 3 nitrogen and oxygen atoms in total. The van der Waals surface area contributed by atoms with E-state index in [-0.39, 0.29) is 12.0 Å². The Balaban J connectivity index is 2.57. The fraction of sp³-hybridized carbons (Fsp3) is 0.900. The lowest BCUT2D eigenvalue weighted by Gasteiger charge is -2.34. The maximum absolute atomic E-state index is 11.0. The van der Waals surface area contributed by atoms with Crippen molar-refractivity contribution in [1.82, 2.24) is 4.90 Å². The van der Waals surface area contributed by atoms with Gasteiger partial charge in [-0.3, -0.25) is 9.69 Å². The van der Waals surface area contributed by atoms with Gasteiger partial charge in [-0.15, -0.1) is 0 Å². The van der Waals surface area contributed by atoms with Gasteiger partial charge in [0.15, 0.2) is 0 Å². The Hall–Kier alpha value is -0.570. The Morgan fingerprint density at radius 3 is 2.15 bits per heavy atom. The topological polar surface area (TPSA) is 40.5 Å². The summed E-state index contributed by atoms with van der Waals surface area (Å²) in [6, 6.07) is -0.278. The number of carboxylic acids is 1. The van der Waals surface area contributed by atoms with E-state index in [1.54, 1.807) is 0 Å². The van der Waals surface area contributed by atoms with Gasteiger partial charge in [-0.2, -0.15) is 0 Å². The summed E-state index contributed by atoms with van der Waals surface area (Å²) in [7, 11) is 0. The summed E-state index contributed by atoms with van der Waals surface area (Å²) >= 11 is 0. The quantitative estimate of drug-likeness (QED) is 0.725. The molecular formula is C10H19NO2. The molecule has 1 atom stereocenters. The lowest BCUT2D eigenvalue weighted by atomic mass is 9.99. The van der Waals surface area contributed by atoms with Gasteiger partial charge >= 0.3 is 5.97 Å². The van der Waals surface area contributed by atoms with Crippen LogP contribution in [0, 0.1) is 5.92 Å². The third kappa shape index (κ3) is 2.69. The van der Waals surface area contributed by atoms with Gasteiger partial charge in [-0.05, 0) is 31.8 Å². The summed E-state index contributed by atoms with van der Waals surface area (Å²) < 4.78 is 0. The first-order valence-corrected chi connectivity index (χ1v) is 5.10. The molecule has 0 bridgehead atoms. The van der Waals surface area contributed by atoms with Crippen LogP contribution in [0.4, 0.5) is 0 Å². The molecule has 1 unspecified atom stereocenters. The molecule has 0 aliphatic carbocycles. The van der Waals surface area contributed by atoms with Gasteiger partial charge in [0.05, 0.1) is 0 Å². The lowest BCUT2D eigenvalue weighted by Crippen LogP contribution is -2.47. The second-order valence-corrected chi connectivity index (χ2v) is 4.12. The Kier molecular flexibility index (Phi) is 3.72. The van der Waals surface area contributed by atoms with Crippen LogP contribution < -0.4 is 0 Å². The SMILES string of the molecule is CC(C)C(C(=O)O)N1CCCCC1. The molecule has 13 heavy (non-hydrogen) atoms. The summed E-state index contributed by atoms with van der Waals surface area (Å²) in [6.07, 6.45) is 3.55. The zero-order chi connectivity index (χ0) is 9.84. The van der Waals surface area contributed by atoms with Gasteiger partial charge in [0.1, 0.15) is 6.04 Å². The van der Waals surface area contributed by atoms with Crippen molar-refractivity contribution in [3.63, 3.8) is 0 Å². The molecule has 1 rings (SSSR count). The fourth-order valence-corrected chi connectivity index (χ4v) is 2.06. The van der Waals surface area contributed by atoms with Gasteiger partial charge < -0.3 is 5.11 Å². The minimum Gasteiger partial charge on any atom is -0.480 e. The van der Waals surface area contributed by atoms with E-state index in [9.17, 15) is 4.79 Å². The first-order chi connectivity index (χ1) is 6.13. The van der Waals surface area contributed by atoms with Crippen LogP contribution in [-0.4, -0.2) is 35.1 Å². The van der Waals surface area contributed by atoms with Crippen molar-refractivity contribution >= 4 is 5.97 Å². The second-order valence-electron chi connectivity index (χ2n) is 4.12. The van der Waals surface area contributed by atoms with E-state index >= 15 is 0 Å². The number of carboxylic acid groups (broad SMARTS) is 1. The van der Waals surface area contributed by atoms with Crippen molar-refractivity contribution in [3.8, 4) is 0 Å². The summed E-state index contributed by atoms with van der Waals surface area (Å²) in [5.41, 5.74) is 0. The highest BCUT2D eigenvalue weighted by atomic mass is 16.4. The molecule has 0 amide bonds. The molecule has 0 radical (unpaired) electrons. The number of piperidine rings is 1. The number of hydrogen-bond donors (Lipinski definition) is 1. The number of carbonyl (C=O) groups is 1. The molecule has 0 aromatic carbocycles. The standard InChI is InChI=1S/C10H19NO2/c1-8(2)9(10(12)13)11-6-4-3-5-7-11/h8-9H,3-7H2,1-2H3,(H,12,13). The van der Waals surface area contributed by atoms with Crippen LogP contribution in [0.5, 0.6) is 0 Å².